The SMILES string of the molecule is CN1CCN([C@H](CNC(=O)Cc2ccc(Cl)cc2)c2ccc3c(c2)OCO3)CC1. The molecule has 0 bridgehead atoms. The summed E-state index contributed by atoms with van der Waals surface area (Å²) in [5.74, 6) is 1.55. The molecule has 0 spiro atoms. The van der Waals surface area contributed by atoms with Crippen molar-refractivity contribution in [1.82, 2.24) is 15.1 Å². The fraction of sp³-hybridized carbons (Fsp3) is 0.409. The van der Waals surface area contributed by atoms with E-state index in [0.29, 0.717) is 18.0 Å². The number of hydrogen-bond acceptors (Lipinski definition) is 5. The van der Waals surface area contributed by atoms with Crippen LogP contribution in [0.3, 0.4) is 0 Å². The number of ether oxygens (including phenoxy) is 2. The van der Waals surface area contributed by atoms with Gasteiger partial charge in [0.25, 0.3) is 0 Å². The summed E-state index contributed by atoms with van der Waals surface area (Å²) in [4.78, 5) is 17.3. The van der Waals surface area contributed by atoms with Crippen LogP contribution in [0.25, 0.3) is 0 Å². The first kappa shape index (κ1) is 20.0. The Morgan fingerprint density at radius 1 is 1.07 bits per heavy atom. The van der Waals surface area contributed by atoms with Crippen molar-refractivity contribution in [3.8, 4) is 11.5 Å². The van der Waals surface area contributed by atoms with Crippen LogP contribution in [0.15, 0.2) is 42.5 Å². The summed E-state index contributed by atoms with van der Waals surface area (Å²) in [6.07, 6.45) is 0.341. The maximum absolute atomic E-state index is 12.5. The van der Waals surface area contributed by atoms with Crippen molar-refractivity contribution in [1.29, 1.82) is 0 Å². The van der Waals surface area contributed by atoms with Crippen molar-refractivity contribution in [2.45, 2.75) is 12.5 Å². The van der Waals surface area contributed by atoms with Gasteiger partial charge in [-0.15, -0.1) is 0 Å². The van der Waals surface area contributed by atoms with Crippen LogP contribution in [0.5, 0.6) is 11.5 Å². The predicted octanol–water partition coefficient (Wildman–Crippen LogP) is 2.72. The molecule has 2 aromatic rings. The van der Waals surface area contributed by atoms with Gasteiger partial charge in [0.15, 0.2) is 11.5 Å². The summed E-state index contributed by atoms with van der Waals surface area (Å²) >= 11 is 5.93. The third kappa shape index (κ3) is 5.01. The standard InChI is InChI=1S/C22H26ClN3O3/c1-25-8-10-26(11-9-25)19(17-4-7-20-21(13-17)29-15-28-20)14-24-22(27)12-16-2-5-18(23)6-3-16/h2-7,13,19H,8-12,14-15H2,1H3,(H,24,27)/t19-/m1/s1. The van der Waals surface area contributed by atoms with Gasteiger partial charge in [0.05, 0.1) is 12.5 Å². The van der Waals surface area contributed by atoms with Crippen molar-refractivity contribution in [2.75, 3.05) is 46.6 Å². The summed E-state index contributed by atoms with van der Waals surface area (Å²) in [5, 5.41) is 3.79. The lowest BCUT2D eigenvalue weighted by atomic mass is 10.0. The Hall–Kier alpha value is -2.28. The number of hydrogen-bond donors (Lipinski definition) is 1. The Balaban J connectivity index is 1.45. The van der Waals surface area contributed by atoms with Gasteiger partial charge in [0.2, 0.25) is 12.7 Å². The minimum atomic E-state index is 0.00666. The Bertz CT molecular complexity index is 851. The fourth-order valence-electron chi connectivity index (χ4n) is 3.77. The number of benzene rings is 2. The first-order chi connectivity index (χ1) is 14.1. The normalized spacial score (nSPS) is 17.9. The van der Waals surface area contributed by atoms with Gasteiger partial charge in [0, 0.05) is 37.7 Å². The molecule has 0 radical (unpaired) electrons. The molecule has 4 rings (SSSR count). The molecule has 0 saturated carbocycles. The van der Waals surface area contributed by atoms with E-state index in [1.54, 1.807) is 0 Å². The fourth-order valence-corrected chi connectivity index (χ4v) is 3.90. The Morgan fingerprint density at radius 2 is 1.79 bits per heavy atom. The van der Waals surface area contributed by atoms with Crippen LogP contribution in [-0.4, -0.2) is 62.3 Å². The smallest absolute Gasteiger partial charge is 0.231 e. The van der Waals surface area contributed by atoms with Crippen LogP contribution in [0.4, 0.5) is 0 Å². The minimum absolute atomic E-state index is 0.00666. The van der Waals surface area contributed by atoms with E-state index in [9.17, 15) is 4.79 Å². The van der Waals surface area contributed by atoms with Gasteiger partial charge in [-0.3, -0.25) is 9.69 Å². The molecule has 1 saturated heterocycles. The molecule has 2 aliphatic rings. The predicted molar refractivity (Wildman–Crippen MR) is 113 cm³/mol. The Labute approximate surface area is 176 Å². The number of rotatable bonds is 6. The maximum atomic E-state index is 12.5. The van der Waals surface area contributed by atoms with Crippen LogP contribution in [0, 0.1) is 0 Å². The number of piperazine rings is 1. The number of carbonyl (C=O) groups is 1. The molecule has 2 heterocycles. The highest BCUT2D eigenvalue weighted by molar-refractivity contribution is 6.30. The van der Waals surface area contributed by atoms with Crippen LogP contribution < -0.4 is 14.8 Å². The molecule has 29 heavy (non-hydrogen) atoms. The molecule has 0 aromatic heterocycles. The zero-order valence-corrected chi connectivity index (χ0v) is 17.3. The highest BCUT2D eigenvalue weighted by Crippen LogP contribution is 2.35. The molecule has 1 amide bonds. The van der Waals surface area contributed by atoms with Gasteiger partial charge in [-0.2, -0.15) is 0 Å². The quantitative estimate of drug-likeness (QED) is 0.786. The van der Waals surface area contributed by atoms with E-state index in [4.69, 9.17) is 21.1 Å². The zero-order valence-electron chi connectivity index (χ0n) is 16.6. The van der Waals surface area contributed by atoms with E-state index in [1.807, 2.05) is 36.4 Å². The molecule has 0 unspecified atom stereocenters. The lowest BCUT2D eigenvalue weighted by molar-refractivity contribution is -0.120. The second-order valence-electron chi connectivity index (χ2n) is 7.58. The van der Waals surface area contributed by atoms with E-state index in [1.165, 1.54) is 0 Å². The first-order valence-electron chi connectivity index (χ1n) is 9.92. The van der Waals surface area contributed by atoms with Crippen molar-refractivity contribution in [3.63, 3.8) is 0 Å². The van der Waals surface area contributed by atoms with Crippen molar-refractivity contribution >= 4 is 17.5 Å². The van der Waals surface area contributed by atoms with E-state index >= 15 is 0 Å². The van der Waals surface area contributed by atoms with Gasteiger partial charge in [-0.1, -0.05) is 29.8 Å². The van der Waals surface area contributed by atoms with Gasteiger partial charge < -0.3 is 19.7 Å². The lowest BCUT2D eigenvalue weighted by Crippen LogP contribution is -2.48. The number of nitrogens with one attached hydrogen (secondary N) is 1. The van der Waals surface area contributed by atoms with Crippen LogP contribution in [0.2, 0.25) is 5.02 Å². The largest absolute Gasteiger partial charge is 0.454 e. The number of fused-ring (bicyclic) bond motifs is 1. The zero-order chi connectivity index (χ0) is 20.2. The number of nitrogens with zero attached hydrogens (tertiary/aromatic N) is 2. The number of amides is 1. The molecule has 0 aliphatic carbocycles. The topological polar surface area (TPSA) is 54.0 Å². The maximum Gasteiger partial charge on any atom is 0.231 e. The molecule has 1 N–H and O–H groups in total. The molecule has 154 valence electrons. The Kier molecular flexibility index (Phi) is 6.23. The van der Waals surface area contributed by atoms with E-state index in [-0.39, 0.29) is 18.7 Å². The molecular formula is C22H26ClN3O3. The van der Waals surface area contributed by atoms with Gasteiger partial charge in [-0.05, 0) is 42.4 Å². The van der Waals surface area contributed by atoms with Crippen molar-refractivity contribution < 1.29 is 14.3 Å². The molecule has 1 atom stereocenters. The second kappa shape index (κ2) is 9.03. The molecule has 1 fully saturated rings. The monoisotopic (exact) mass is 415 g/mol. The van der Waals surface area contributed by atoms with Crippen molar-refractivity contribution in [3.05, 3.63) is 58.6 Å². The van der Waals surface area contributed by atoms with Gasteiger partial charge in [-0.25, -0.2) is 0 Å². The van der Waals surface area contributed by atoms with Crippen molar-refractivity contribution in [2.24, 2.45) is 0 Å². The molecule has 7 heteroatoms. The summed E-state index contributed by atoms with van der Waals surface area (Å²) in [6.45, 7) is 4.76. The summed E-state index contributed by atoms with van der Waals surface area (Å²) in [6, 6.07) is 13.5. The number of halogens is 1. The highest BCUT2D eigenvalue weighted by atomic mass is 35.5. The van der Waals surface area contributed by atoms with Crippen LogP contribution in [0.1, 0.15) is 17.2 Å². The third-order valence-corrected chi connectivity index (χ3v) is 5.78. The van der Waals surface area contributed by atoms with Crippen LogP contribution in [-0.2, 0) is 11.2 Å². The van der Waals surface area contributed by atoms with Crippen LogP contribution >= 0.6 is 11.6 Å². The molecule has 6 nitrogen and oxygen atoms in total. The van der Waals surface area contributed by atoms with Gasteiger partial charge in [0.1, 0.15) is 0 Å². The van der Waals surface area contributed by atoms with E-state index in [2.05, 4.69) is 28.2 Å². The summed E-state index contributed by atoms with van der Waals surface area (Å²) in [7, 11) is 2.14. The average molecular weight is 416 g/mol. The molecule has 2 aliphatic heterocycles. The van der Waals surface area contributed by atoms with E-state index in [0.717, 1.165) is 48.8 Å². The highest BCUT2D eigenvalue weighted by Gasteiger charge is 2.26. The minimum Gasteiger partial charge on any atom is -0.454 e. The number of likely N-dealkylation sites (N-methyl/N-ethyl adjacent to an activating group) is 1. The number of carbonyl (C=O) groups excluding carboxylic acids is 1. The molecule has 2 aromatic carbocycles. The van der Waals surface area contributed by atoms with Gasteiger partial charge >= 0.3 is 0 Å². The Morgan fingerprint density at radius 3 is 2.55 bits per heavy atom. The third-order valence-electron chi connectivity index (χ3n) is 5.53. The second-order valence-corrected chi connectivity index (χ2v) is 8.01. The molecular weight excluding hydrogens is 390 g/mol. The summed E-state index contributed by atoms with van der Waals surface area (Å²) < 4.78 is 11.0. The van der Waals surface area contributed by atoms with E-state index < -0.39 is 0 Å². The first-order valence-corrected chi connectivity index (χ1v) is 10.3. The average Bonchev–Trinajstić information content (AvgIpc) is 3.19. The summed E-state index contributed by atoms with van der Waals surface area (Å²) in [5.41, 5.74) is 2.08. The lowest BCUT2D eigenvalue weighted by Gasteiger charge is -2.38.